The van der Waals surface area contributed by atoms with Crippen molar-refractivity contribution in [2.24, 2.45) is 0 Å². The maximum Gasteiger partial charge on any atom is 0.261 e. The maximum absolute atomic E-state index is 12.5. The lowest BCUT2D eigenvalue weighted by molar-refractivity contribution is 0.0974. The minimum absolute atomic E-state index is 0.0640. The second-order valence-corrected chi connectivity index (χ2v) is 6.40. The van der Waals surface area contributed by atoms with E-state index in [2.05, 4.69) is 24.5 Å². The first kappa shape index (κ1) is 18.7. The van der Waals surface area contributed by atoms with Crippen LogP contribution in [0, 0.1) is 6.92 Å². The van der Waals surface area contributed by atoms with Crippen molar-refractivity contribution >= 4 is 28.9 Å². The van der Waals surface area contributed by atoms with Gasteiger partial charge in [0.25, 0.3) is 5.91 Å². The number of amides is 1. The van der Waals surface area contributed by atoms with Gasteiger partial charge in [-0.15, -0.1) is 0 Å². The molecule has 3 N–H and O–H groups in total. The number of carbonyl (C=O) groups excluding carboxylic acids is 1. The van der Waals surface area contributed by atoms with Crippen molar-refractivity contribution in [2.75, 3.05) is 12.4 Å². The second-order valence-electron chi connectivity index (χ2n) is 6.00. The number of ether oxygens (including phenoxy) is 1. The topological polar surface area (TPSA) is 70.6 Å². The number of para-hydroxylation sites is 1. The van der Waals surface area contributed by atoms with Gasteiger partial charge in [-0.25, -0.2) is 0 Å². The molecular weight excluding hydrogens is 336 g/mol. The average Bonchev–Trinajstić information content (AvgIpc) is 2.56. The highest BCUT2D eigenvalue weighted by atomic mass is 32.1. The predicted molar refractivity (Wildman–Crippen MR) is 104 cm³/mol. The number of rotatable bonds is 4. The molecule has 0 bridgehead atoms. The molecule has 0 aliphatic rings. The molecule has 0 unspecified atom stereocenters. The van der Waals surface area contributed by atoms with Crippen LogP contribution in [0.2, 0.25) is 0 Å². The van der Waals surface area contributed by atoms with E-state index in [0.29, 0.717) is 22.9 Å². The van der Waals surface area contributed by atoms with Crippen molar-refractivity contribution in [2.45, 2.75) is 26.7 Å². The van der Waals surface area contributed by atoms with E-state index >= 15 is 0 Å². The summed E-state index contributed by atoms with van der Waals surface area (Å²) in [5.41, 5.74) is 2.76. The number of phenols is 1. The molecule has 1 amide bonds. The fourth-order valence-corrected chi connectivity index (χ4v) is 2.64. The van der Waals surface area contributed by atoms with Gasteiger partial charge in [-0.1, -0.05) is 32.0 Å². The molecule has 0 radical (unpaired) electrons. The Bertz CT molecular complexity index is 803. The zero-order chi connectivity index (χ0) is 18.6. The van der Waals surface area contributed by atoms with Gasteiger partial charge in [-0.2, -0.15) is 0 Å². The standard InChI is InChI=1S/C19H22N2O3S/c1-11(2)13-8-9-16(22)15(10-13)20-19(25)21-18(23)14-7-5-6-12(3)17(14)24-4/h5-11,22H,1-4H3,(H2,20,21,23,25). The summed E-state index contributed by atoms with van der Waals surface area (Å²) < 4.78 is 5.29. The lowest BCUT2D eigenvalue weighted by Gasteiger charge is -2.15. The summed E-state index contributed by atoms with van der Waals surface area (Å²) in [6.45, 7) is 5.97. The number of nitrogens with one attached hydrogen (secondary N) is 2. The largest absolute Gasteiger partial charge is 0.506 e. The Balaban J connectivity index is 2.14. The van der Waals surface area contributed by atoms with Gasteiger partial charge < -0.3 is 15.2 Å². The third-order valence-electron chi connectivity index (χ3n) is 3.82. The maximum atomic E-state index is 12.5. The van der Waals surface area contributed by atoms with E-state index < -0.39 is 0 Å². The lowest BCUT2D eigenvalue weighted by atomic mass is 10.0. The van der Waals surface area contributed by atoms with Crippen molar-refractivity contribution in [3.8, 4) is 11.5 Å². The van der Waals surface area contributed by atoms with E-state index in [-0.39, 0.29) is 16.8 Å². The third-order valence-corrected chi connectivity index (χ3v) is 4.03. The Morgan fingerprint density at radius 2 is 1.96 bits per heavy atom. The normalized spacial score (nSPS) is 10.4. The number of benzene rings is 2. The molecule has 0 spiro atoms. The molecule has 0 saturated heterocycles. The lowest BCUT2D eigenvalue weighted by Crippen LogP contribution is -2.34. The van der Waals surface area contributed by atoms with E-state index in [1.807, 2.05) is 25.1 Å². The number of hydrogen-bond acceptors (Lipinski definition) is 4. The van der Waals surface area contributed by atoms with Gasteiger partial charge in [0.1, 0.15) is 11.5 Å². The summed E-state index contributed by atoms with van der Waals surface area (Å²) in [5.74, 6) is 0.500. The minimum Gasteiger partial charge on any atom is -0.506 e. The van der Waals surface area contributed by atoms with E-state index in [4.69, 9.17) is 17.0 Å². The predicted octanol–water partition coefficient (Wildman–Crippen LogP) is 3.96. The van der Waals surface area contributed by atoms with Crippen molar-refractivity contribution < 1.29 is 14.6 Å². The third kappa shape index (κ3) is 4.48. The van der Waals surface area contributed by atoms with Crippen LogP contribution in [0.5, 0.6) is 11.5 Å². The van der Waals surface area contributed by atoms with Gasteiger partial charge in [-0.05, 0) is 54.4 Å². The first-order chi connectivity index (χ1) is 11.8. The highest BCUT2D eigenvalue weighted by Gasteiger charge is 2.16. The van der Waals surface area contributed by atoms with Crippen molar-refractivity contribution in [3.05, 3.63) is 53.1 Å². The summed E-state index contributed by atoms with van der Waals surface area (Å²) in [4.78, 5) is 12.5. The fourth-order valence-electron chi connectivity index (χ4n) is 2.44. The molecule has 0 saturated carbocycles. The van der Waals surface area contributed by atoms with Gasteiger partial charge in [-0.3, -0.25) is 10.1 Å². The number of phenolic OH excluding ortho intramolecular Hbond substituents is 1. The Labute approximate surface area is 153 Å². The summed E-state index contributed by atoms with van der Waals surface area (Å²) in [6.07, 6.45) is 0. The molecule has 2 rings (SSSR count). The van der Waals surface area contributed by atoms with Crippen LogP contribution in [-0.2, 0) is 0 Å². The SMILES string of the molecule is COc1c(C)cccc1C(=O)NC(=S)Nc1cc(C(C)C)ccc1O. The van der Waals surface area contributed by atoms with Crippen LogP contribution in [0.15, 0.2) is 36.4 Å². The number of hydrogen-bond donors (Lipinski definition) is 3. The van der Waals surface area contributed by atoms with E-state index in [1.165, 1.54) is 7.11 Å². The van der Waals surface area contributed by atoms with Crippen LogP contribution in [0.4, 0.5) is 5.69 Å². The van der Waals surface area contributed by atoms with Gasteiger partial charge in [0.15, 0.2) is 5.11 Å². The number of carbonyl (C=O) groups is 1. The van der Waals surface area contributed by atoms with Crippen LogP contribution in [0.1, 0.15) is 41.3 Å². The molecule has 0 fully saturated rings. The number of anilines is 1. The second kappa shape index (κ2) is 7.98. The van der Waals surface area contributed by atoms with Crippen LogP contribution in [0.3, 0.4) is 0 Å². The monoisotopic (exact) mass is 358 g/mol. The van der Waals surface area contributed by atoms with Crippen molar-refractivity contribution in [1.82, 2.24) is 5.32 Å². The number of thiocarbonyl (C=S) groups is 1. The minimum atomic E-state index is -0.377. The molecule has 132 valence electrons. The number of aryl methyl sites for hydroxylation is 1. The van der Waals surface area contributed by atoms with Crippen molar-refractivity contribution in [1.29, 1.82) is 0 Å². The molecule has 25 heavy (non-hydrogen) atoms. The Morgan fingerprint density at radius 3 is 2.60 bits per heavy atom. The summed E-state index contributed by atoms with van der Waals surface area (Å²) in [7, 11) is 1.52. The summed E-state index contributed by atoms with van der Waals surface area (Å²) in [6, 6.07) is 10.6. The molecule has 0 atom stereocenters. The van der Waals surface area contributed by atoms with Crippen molar-refractivity contribution in [3.63, 3.8) is 0 Å². The zero-order valence-electron chi connectivity index (χ0n) is 14.7. The molecule has 0 aromatic heterocycles. The van der Waals surface area contributed by atoms with Gasteiger partial charge in [0.05, 0.1) is 18.4 Å². The highest BCUT2D eigenvalue weighted by molar-refractivity contribution is 7.80. The first-order valence-electron chi connectivity index (χ1n) is 7.92. The first-order valence-corrected chi connectivity index (χ1v) is 8.33. The van der Waals surface area contributed by atoms with Gasteiger partial charge >= 0.3 is 0 Å². The molecule has 5 nitrogen and oxygen atoms in total. The molecule has 6 heteroatoms. The number of aromatic hydroxyl groups is 1. The van der Waals surface area contributed by atoms with Crippen LogP contribution >= 0.6 is 12.2 Å². The van der Waals surface area contributed by atoms with E-state index in [0.717, 1.165) is 11.1 Å². The van der Waals surface area contributed by atoms with E-state index in [9.17, 15) is 9.90 Å². The zero-order valence-corrected chi connectivity index (χ0v) is 15.5. The van der Waals surface area contributed by atoms with Crippen LogP contribution in [-0.4, -0.2) is 23.2 Å². The average molecular weight is 358 g/mol. The highest BCUT2D eigenvalue weighted by Crippen LogP contribution is 2.28. The molecule has 2 aromatic carbocycles. The van der Waals surface area contributed by atoms with Gasteiger partial charge in [0, 0.05) is 0 Å². The summed E-state index contributed by atoms with van der Waals surface area (Å²) in [5, 5.41) is 15.6. The molecular formula is C19H22N2O3S. The van der Waals surface area contributed by atoms with Crippen LogP contribution in [0.25, 0.3) is 0 Å². The Morgan fingerprint density at radius 1 is 1.24 bits per heavy atom. The fraction of sp³-hybridized carbons (Fsp3) is 0.263. The van der Waals surface area contributed by atoms with E-state index in [1.54, 1.807) is 18.2 Å². The molecule has 0 heterocycles. The Kier molecular flexibility index (Phi) is 5.98. The molecule has 0 aliphatic carbocycles. The molecule has 2 aromatic rings. The number of methoxy groups -OCH3 is 1. The van der Waals surface area contributed by atoms with Gasteiger partial charge in [0.2, 0.25) is 0 Å². The Hall–Kier alpha value is -2.60. The summed E-state index contributed by atoms with van der Waals surface area (Å²) >= 11 is 5.20. The smallest absolute Gasteiger partial charge is 0.261 e. The molecule has 0 aliphatic heterocycles. The van der Waals surface area contributed by atoms with Crippen LogP contribution < -0.4 is 15.4 Å². The quantitative estimate of drug-likeness (QED) is 0.570.